The Bertz CT molecular complexity index is 628. The van der Waals surface area contributed by atoms with E-state index in [2.05, 4.69) is 10.6 Å². The quantitative estimate of drug-likeness (QED) is 0.811. The molecule has 2 aliphatic rings. The van der Waals surface area contributed by atoms with Crippen LogP contribution in [-0.4, -0.2) is 44.0 Å². The predicted molar refractivity (Wildman–Crippen MR) is 91.3 cm³/mol. The third-order valence-corrected chi connectivity index (χ3v) is 4.55. The van der Waals surface area contributed by atoms with Gasteiger partial charge in [-0.15, -0.1) is 0 Å². The monoisotopic (exact) mass is 348 g/mol. The summed E-state index contributed by atoms with van der Waals surface area (Å²) < 4.78 is 16.9. The summed E-state index contributed by atoms with van der Waals surface area (Å²) in [4.78, 5) is 24.0. The van der Waals surface area contributed by atoms with Gasteiger partial charge in [0.05, 0.1) is 13.7 Å². The lowest BCUT2D eigenvalue weighted by atomic mass is 9.94. The first kappa shape index (κ1) is 17.7. The van der Waals surface area contributed by atoms with E-state index in [4.69, 9.17) is 14.2 Å². The summed E-state index contributed by atoms with van der Waals surface area (Å²) in [5.41, 5.74) is 0.501. The summed E-state index contributed by atoms with van der Waals surface area (Å²) in [5.74, 6) is -1.29. The third-order valence-electron chi connectivity index (χ3n) is 4.55. The molecule has 0 bridgehead atoms. The maximum Gasteiger partial charge on any atom is 0.313 e. The molecule has 0 aromatic heterocycles. The molecule has 1 heterocycles. The average Bonchev–Trinajstić information content (AvgIpc) is 3.02. The van der Waals surface area contributed by atoms with Crippen molar-refractivity contribution >= 4 is 17.5 Å². The lowest BCUT2D eigenvalue weighted by molar-refractivity contribution is -0.186. The standard InChI is InChI=1S/C18H24N2O5/c1-23-14-7-5-6-13(10-14)20-17(22)16(21)19-11-15-12-24-18(25-15)8-3-2-4-9-18/h5-7,10,15H,2-4,8-9,11-12H2,1H3,(H,19,21)(H,20,22)/t15-/m0/s1. The number of anilines is 1. The van der Waals surface area contributed by atoms with Crippen LogP contribution in [0.3, 0.4) is 0 Å². The highest BCUT2D eigenvalue weighted by molar-refractivity contribution is 6.39. The molecule has 136 valence electrons. The zero-order valence-electron chi connectivity index (χ0n) is 14.4. The molecule has 1 saturated heterocycles. The van der Waals surface area contributed by atoms with Gasteiger partial charge in [-0.05, 0) is 25.0 Å². The van der Waals surface area contributed by atoms with Crippen LogP contribution in [0.15, 0.2) is 24.3 Å². The summed E-state index contributed by atoms with van der Waals surface area (Å²) in [7, 11) is 1.54. The fourth-order valence-electron chi connectivity index (χ4n) is 3.25. The van der Waals surface area contributed by atoms with Crippen LogP contribution in [0.5, 0.6) is 5.75 Å². The Morgan fingerprint density at radius 3 is 2.80 bits per heavy atom. The molecular formula is C18H24N2O5. The smallest absolute Gasteiger partial charge is 0.313 e. The number of ether oxygens (including phenoxy) is 3. The molecule has 7 nitrogen and oxygen atoms in total. The van der Waals surface area contributed by atoms with Gasteiger partial charge in [-0.3, -0.25) is 9.59 Å². The van der Waals surface area contributed by atoms with Crippen LogP contribution >= 0.6 is 0 Å². The highest BCUT2D eigenvalue weighted by Crippen LogP contribution is 2.37. The van der Waals surface area contributed by atoms with Crippen molar-refractivity contribution in [3.8, 4) is 5.75 Å². The van der Waals surface area contributed by atoms with Gasteiger partial charge in [0.2, 0.25) is 0 Å². The first-order chi connectivity index (χ1) is 12.1. The Hall–Kier alpha value is -2.12. The molecule has 2 fully saturated rings. The molecule has 1 aliphatic carbocycles. The van der Waals surface area contributed by atoms with E-state index < -0.39 is 17.6 Å². The van der Waals surface area contributed by atoms with Crippen molar-refractivity contribution in [1.29, 1.82) is 0 Å². The lowest BCUT2D eigenvalue weighted by Gasteiger charge is -2.31. The molecule has 2 amide bonds. The minimum absolute atomic E-state index is 0.216. The van der Waals surface area contributed by atoms with Gasteiger partial charge in [0.15, 0.2) is 5.79 Å². The summed E-state index contributed by atoms with van der Waals surface area (Å²) in [6, 6.07) is 6.83. The average molecular weight is 348 g/mol. The Balaban J connectivity index is 1.45. The minimum atomic E-state index is -0.723. The van der Waals surface area contributed by atoms with Crippen molar-refractivity contribution in [2.45, 2.75) is 44.0 Å². The molecule has 0 radical (unpaired) electrons. The van der Waals surface area contributed by atoms with Gasteiger partial charge in [0, 0.05) is 31.1 Å². The molecule has 1 aliphatic heterocycles. The summed E-state index contributed by atoms with van der Waals surface area (Å²) in [6.07, 6.45) is 4.98. The van der Waals surface area contributed by atoms with E-state index in [1.165, 1.54) is 13.5 Å². The van der Waals surface area contributed by atoms with E-state index in [0.717, 1.165) is 25.7 Å². The van der Waals surface area contributed by atoms with E-state index in [9.17, 15) is 9.59 Å². The third kappa shape index (κ3) is 4.49. The number of carbonyl (C=O) groups excluding carboxylic acids is 2. The number of hydrogen-bond donors (Lipinski definition) is 2. The highest BCUT2D eigenvalue weighted by atomic mass is 16.7. The molecule has 1 atom stereocenters. The zero-order valence-corrected chi connectivity index (χ0v) is 14.4. The van der Waals surface area contributed by atoms with E-state index in [1.807, 2.05) is 0 Å². The summed E-state index contributed by atoms with van der Waals surface area (Å²) in [6.45, 7) is 0.698. The molecule has 1 aromatic rings. The number of amides is 2. The first-order valence-corrected chi connectivity index (χ1v) is 8.65. The van der Waals surface area contributed by atoms with Gasteiger partial charge in [-0.2, -0.15) is 0 Å². The van der Waals surface area contributed by atoms with Crippen molar-refractivity contribution < 1.29 is 23.8 Å². The van der Waals surface area contributed by atoms with Gasteiger partial charge in [-0.25, -0.2) is 0 Å². The SMILES string of the molecule is COc1cccc(NC(=O)C(=O)NC[C@H]2COC3(CCCCC3)O2)c1. The number of carbonyl (C=O) groups is 2. The molecule has 1 saturated carbocycles. The molecule has 25 heavy (non-hydrogen) atoms. The molecular weight excluding hydrogens is 324 g/mol. The highest BCUT2D eigenvalue weighted by Gasteiger charge is 2.42. The van der Waals surface area contributed by atoms with Crippen LogP contribution < -0.4 is 15.4 Å². The first-order valence-electron chi connectivity index (χ1n) is 8.65. The van der Waals surface area contributed by atoms with Crippen LogP contribution in [0.1, 0.15) is 32.1 Å². The van der Waals surface area contributed by atoms with Crippen LogP contribution in [-0.2, 0) is 19.1 Å². The fraction of sp³-hybridized carbons (Fsp3) is 0.556. The number of hydrogen-bond acceptors (Lipinski definition) is 5. The molecule has 1 aromatic carbocycles. The van der Waals surface area contributed by atoms with Crippen LogP contribution in [0.25, 0.3) is 0 Å². The number of rotatable bonds is 4. The summed E-state index contributed by atoms with van der Waals surface area (Å²) >= 11 is 0. The lowest BCUT2D eigenvalue weighted by Crippen LogP contribution is -2.41. The second kappa shape index (κ2) is 7.84. The van der Waals surface area contributed by atoms with Gasteiger partial charge in [0.25, 0.3) is 0 Å². The van der Waals surface area contributed by atoms with Crippen molar-refractivity contribution in [1.82, 2.24) is 5.32 Å². The van der Waals surface area contributed by atoms with E-state index in [0.29, 0.717) is 18.0 Å². The van der Waals surface area contributed by atoms with E-state index in [-0.39, 0.29) is 12.6 Å². The summed E-state index contributed by atoms with van der Waals surface area (Å²) in [5, 5.41) is 5.15. The van der Waals surface area contributed by atoms with Gasteiger partial charge >= 0.3 is 11.8 Å². The topological polar surface area (TPSA) is 85.9 Å². The van der Waals surface area contributed by atoms with Crippen LogP contribution in [0.4, 0.5) is 5.69 Å². The second-order valence-corrected chi connectivity index (χ2v) is 6.42. The Kier molecular flexibility index (Phi) is 5.55. The van der Waals surface area contributed by atoms with Gasteiger partial charge < -0.3 is 24.8 Å². The van der Waals surface area contributed by atoms with E-state index in [1.54, 1.807) is 24.3 Å². The minimum Gasteiger partial charge on any atom is -0.497 e. The van der Waals surface area contributed by atoms with Crippen molar-refractivity contribution in [3.05, 3.63) is 24.3 Å². The molecule has 2 N–H and O–H groups in total. The Morgan fingerprint density at radius 1 is 1.24 bits per heavy atom. The predicted octanol–water partition coefficient (Wildman–Crippen LogP) is 1.83. The van der Waals surface area contributed by atoms with Crippen molar-refractivity contribution in [3.63, 3.8) is 0 Å². The van der Waals surface area contributed by atoms with E-state index >= 15 is 0 Å². The Morgan fingerprint density at radius 2 is 2.04 bits per heavy atom. The maximum absolute atomic E-state index is 12.0. The van der Waals surface area contributed by atoms with Crippen molar-refractivity contribution in [2.75, 3.05) is 25.6 Å². The maximum atomic E-state index is 12.0. The molecule has 3 rings (SSSR count). The zero-order chi connectivity index (χ0) is 17.7. The van der Waals surface area contributed by atoms with Crippen molar-refractivity contribution in [2.24, 2.45) is 0 Å². The van der Waals surface area contributed by atoms with Gasteiger partial charge in [-0.1, -0.05) is 12.5 Å². The normalized spacial score (nSPS) is 21.7. The number of methoxy groups -OCH3 is 1. The Labute approximate surface area is 147 Å². The molecule has 1 spiro atoms. The fourth-order valence-corrected chi connectivity index (χ4v) is 3.25. The molecule has 0 unspecified atom stereocenters. The van der Waals surface area contributed by atoms with Gasteiger partial charge in [0.1, 0.15) is 11.9 Å². The largest absolute Gasteiger partial charge is 0.497 e. The van der Waals surface area contributed by atoms with Crippen LogP contribution in [0, 0.1) is 0 Å². The van der Waals surface area contributed by atoms with Crippen LogP contribution in [0.2, 0.25) is 0 Å². The molecule has 7 heteroatoms. The second-order valence-electron chi connectivity index (χ2n) is 6.42. The number of benzene rings is 1. The number of nitrogens with one attached hydrogen (secondary N) is 2.